The topological polar surface area (TPSA) is 61.8 Å². The van der Waals surface area contributed by atoms with Gasteiger partial charge in [-0.1, -0.05) is 48.5 Å². The van der Waals surface area contributed by atoms with Gasteiger partial charge in [0.2, 0.25) is 0 Å². The summed E-state index contributed by atoms with van der Waals surface area (Å²) in [6, 6.07) is 18.1. The molecule has 0 radical (unpaired) electrons. The first kappa shape index (κ1) is 15.7. The van der Waals surface area contributed by atoms with Crippen molar-refractivity contribution in [1.29, 1.82) is 0 Å². The summed E-state index contributed by atoms with van der Waals surface area (Å²) >= 11 is 0. The quantitative estimate of drug-likeness (QED) is 0.574. The van der Waals surface area contributed by atoms with Crippen LogP contribution in [0.1, 0.15) is 5.56 Å². The van der Waals surface area contributed by atoms with Crippen LogP contribution in [0.15, 0.2) is 60.7 Å². The molecule has 21 heavy (non-hydrogen) atoms. The minimum Gasteiger partial charge on any atom is -0.778 e. The normalized spacial score (nSPS) is 13.9. The molecule has 6 heteroatoms. The molecular weight excluding hydrogens is 289 g/mol. The Morgan fingerprint density at radius 2 is 1.62 bits per heavy atom. The maximum Gasteiger partial charge on any atom is 0.332 e. The third-order valence-corrected chi connectivity index (χ3v) is 4.65. The molecule has 0 heterocycles. The molecule has 2 rings (SSSR count). The van der Waals surface area contributed by atoms with E-state index in [2.05, 4.69) is 0 Å². The zero-order chi connectivity index (χ0) is 15.1. The number of benzene rings is 2. The van der Waals surface area contributed by atoms with Crippen molar-refractivity contribution in [2.75, 3.05) is 13.4 Å². The second kappa shape index (κ2) is 7.38. The molecule has 0 aliphatic heterocycles. The van der Waals surface area contributed by atoms with Gasteiger partial charge in [-0.15, -0.1) is 0 Å². The SMILES string of the molecule is CN([O-])P(=O)(COCc1ccccc1)Oc1ccccc1. The molecule has 2 aromatic rings. The van der Waals surface area contributed by atoms with Crippen LogP contribution in [-0.2, 0) is 15.9 Å². The Balaban J connectivity index is 1.97. The van der Waals surface area contributed by atoms with Crippen molar-refractivity contribution < 1.29 is 13.8 Å². The molecule has 0 N–H and O–H groups in total. The van der Waals surface area contributed by atoms with Gasteiger partial charge in [0.15, 0.2) is 0 Å². The summed E-state index contributed by atoms with van der Waals surface area (Å²) in [6.45, 7) is 0.275. The molecule has 0 aliphatic carbocycles. The Bertz CT molecular complexity index is 589. The molecule has 112 valence electrons. The fourth-order valence-corrected chi connectivity index (χ4v) is 2.77. The van der Waals surface area contributed by atoms with Crippen LogP contribution in [0.3, 0.4) is 0 Å². The largest absolute Gasteiger partial charge is 0.778 e. The average molecular weight is 306 g/mol. The van der Waals surface area contributed by atoms with Crippen LogP contribution in [-0.4, -0.2) is 18.2 Å². The fourth-order valence-electron chi connectivity index (χ4n) is 1.66. The molecule has 0 bridgehead atoms. The van der Waals surface area contributed by atoms with E-state index in [4.69, 9.17) is 9.26 Å². The Kier molecular flexibility index (Phi) is 5.53. The van der Waals surface area contributed by atoms with E-state index in [1.54, 1.807) is 24.3 Å². The molecule has 1 unspecified atom stereocenters. The minimum absolute atomic E-state index is 0.267. The van der Waals surface area contributed by atoms with Gasteiger partial charge in [0.25, 0.3) is 0 Å². The smallest absolute Gasteiger partial charge is 0.332 e. The van der Waals surface area contributed by atoms with Gasteiger partial charge in [-0.05, 0) is 24.7 Å². The molecular formula is C15H17NO4P-. The lowest BCUT2D eigenvalue weighted by Gasteiger charge is -2.32. The molecule has 0 amide bonds. The monoisotopic (exact) mass is 306 g/mol. The first-order valence-electron chi connectivity index (χ1n) is 6.47. The number of ether oxygens (including phenoxy) is 1. The van der Waals surface area contributed by atoms with E-state index in [9.17, 15) is 9.77 Å². The lowest BCUT2D eigenvalue weighted by atomic mass is 10.2. The summed E-state index contributed by atoms with van der Waals surface area (Å²) in [5, 5.41) is 11.6. The molecule has 1 atom stereocenters. The van der Waals surface area contributed by atoms with Crippen molar-refractivity contribution in [2.45, 2.75) is 6.61 Å². The highest BCUT2D eigenvalue weighted by Crippen LogP contribution is 2.49. The standard InChI is InChI=1S/C15H17NO4P/c1-16(17)21(18,20-15-10-6-3-7-11-15)13-19-12-14-8-4-2-5-9-14/h2-11H,12-13H2,1H3/q-1. The van der Waals surface area contributed by atoms with Crippen LogP contribution in [0.4, 0.5) is 0 Å². The lowest BCUT2D eigenvalue weighted by molar-refractivity contribution is 0.151. The summed E-state index contributed by atoms with van der Waals surface area (Å²) in [5.41, 5.74) is 0.942. The van der Waals surface area contributed by atoms with E-state index < -0.39 is 7.52 Å². The molecule has 5 nitrogen and oxygen atoms in total. The third-order valence-electron chi connectivity index (χ3n) is 2.79. The maximum absolute atomic E-state index is 12.5. The molecule has 2 aromatic carbocycles. The first-order chi connectivity index (χ1) is 10.1. The zero-order valence-corrected chi connectivity index (χ0v) is 12.6. The van der Waals surface area contributed by atoms with E-state index in [-0.39, 0.29) is 13.0 Å². The number of para-hydroxylation sites is 1. The van der Waals surface area contributed by atoms with E-state index >= 15 is 0 Å². The first-order valence-corrected chi connectivity index (χ1v) is 8.23. The summed E-state index contributed by atoms with van der Waals surface area (Å²) in [6.07, 6.45) is -0.267. The number of nitrogens with zero attached hydrogens (tertiary/aromatic N) is 1. The molecule has 0 fully saturated rings. The van der Waals surface area contributed by atoms with Gasteiger partial charge in [-0.25, -0.2) is 0 Å². The van der Waals surface area contributed by atoms with E-state index in [1.165, 1.54) is 7.05 Å². The summed E-state index contributed by atoms with van der Waals surface area (Å²) in [4.78, 5) is 0.338. The molecule has 0 spiro atoms. The third kappa shape index (κ3) is 4.69. The molecule has 0 saturated carbocycles. The number of hydrogen-bond acceptors (Lipinski definition) is 4. The zero-order valence-electron chi connectivity index (χ0n) is 11.7. The minimum atomic E-state index is -3.59. The van der Waals surface area contributed by atoms with Crippen molar-refractivity contribution in [2.24, 2.45) is 0 Å². The van der Waals surface area contributed by atoms with E-state index in [0.717, 1.165) is 5.56 Å². The number of rotatable bonds is 7. The van der Waals surface area contributed by atoms with Crippen LogP contribution in [0.5, 0.6) is 5.75 Å². The summed E-state index contributed by atoms with van der Waals surface area (Å²) in [5.74, 6) is 0.381. The van der Waals surface area contributed by atoms with E-state index in [1.807, 2.05) is 36.4 Å². The predicted octanol–water partition coefficient (Wildman–Crippen LogP) is 3.86. The summed E-state index contributed by atoms with van der Waals surface area (Å²) in [7, 11) is -2.42. The van der Waals surface area contributed by atoms with Crippen molar-refractivity contribution in [1.82, 2.24) is 4.83 Å². The van der Waals surface area contributed by atoms with Gasteiger partial charge in [0, 0.05) is 0 Å². The predicted molar refractivity (Wildman–Crippen MR) is 81.9 cm³/mol. The van der Waals surface area contributed by atoms with Crippen molar-refractivity contribution >= 4 is 7.52 Å². The maximum atomic E-state index is 12.5. The van der Waals surface area contributed by atoms with E-state index in [0.29, 0.717) is 10.6 Å². The average Bonchev–Trinajstić information content (AvgIpc) is 2.49. The van der Waals surface area contributed by atoms with Crippen LogP contribution >= 0.6 is 7.52 Å². The van der Waals surface area contributed by atoms with Crippen LogP contribution < -0.4 is 4.52 Å². The van der Waals surface area contributed by atoms with Gasteiger partial charge in [-0.2, -0.15) is 0 Å². The highest BCUT2D eigenvalue weighted by atomic mass is 31.2. The van der Waals surface area contributed by atoms with Gasteiger partial charge >= 0.3 is 7.52 Å². The van der Waals surface area contributed by atoms with Crippen LogP contribution in [0.2, 0.25) is 0 Å². The van der Waals surface area contributed by atoms with Crippen molar-refractivity contribution in [3.63, 3.8) is 0 Å². The highest BCUT2D eigenvalue weighted by Gasteiger charge is 2.25. The van der Waals surface area contributed by atoms with Crippen LogP contribution in [0, 0.1) is 5.21 Å². The Morgan fingerprint density at radius 1 is 1.05 bits per heavy atom. The Labute approximate surface area is 124 Å². The molecule has 0 aromatic heterocycles. The number of hydrogen-bond donors (Lipinski definition) is 0. The fraction of sp³-hybridized carbons (Fsp3) is 0.200. The molecule has 0 saturated heterocycles. The Morgan fingerprint density at radius 3 is 2.19 bits per heavy atom. The number of hydroxylamine groups is 1. The van der Waals surface area contributed by atoms with Crippen molar-refractivity contribution in [3.05, 3.63) is 71.4 Å². The summed E-state index contributed by atoms with van der Waals surface area (Å²) < 4.78 is 23.3. The second-order valence-corrected chi connectivity index (χ2v) is 6.75. The van der Waals surface area contributed by atoms with Gasteiger partial charge < -0.3 is 19.3 Å². The molecule has 0 aliphatic rings. The second-order valence-electron chi connectivity index (χ2n) is 4.47. The van der Waals surface area contributed by atoms with Crippen molar-refractivity contribution in [3.8, 4) is 5.75 Å². The van der Waals surface area contributed by atoms with Crippen LogP contribution in [0.25, 0.3) is 0 Å². The van der Waals surface area contributed by atoms with Gasteiger partial charge in [0.05, 0.1) is 6.61 Å². The van der Waals surface area contributed by atoms with Gasteiger partial charge in [-0.3, -0.25) is 4.57 Å². The highest BCUT2D eigenvalue weighted by molar-refractivity contribution is 7.56. The lowest BCUT2D eigenvalue weighted by Crippen LogP contribution is -2.15. The van der Waals surface area contributed by atoms with Gasteiger partial charge in [0.1, 0.15) is 12.1 Å². The Hall–Kier alpha value is -1.65.